The van der Waals surface area contributed by atoms with E-state index < -0.39 is 0 Å². The Labute approximate surface area is 259 Å². The van der Waals surface area contributed by atoms with Crippen molar-refractivity contribution in [2.75, 3.05) is 0 Å². The Balaban J connectivity index is 0.966. The molecule has 0 amide bonds. The maximum atomic E-state index is 4.37. The van der Waals surface area contributed by atoms with Crippen LogP contribution in [-0.2, 0) is 6.42 Å². The third-order valence-electron chi connectivity index (χ3n) is 8.86. The Morgan fingerprint density at radius 2 is 0.778 bits per heavy atom. The lowest BCUT2D eigenvalue weighted by molar-refractivity contribution is 1.14. The van der Waals surface area contributed by atoms with Crippen LogP contribution in [0.25, 0.3) is 66.1 Å². The molecule has 212 valence electrons. The lowest BCUT2D eigenvalue weighted by atomic mass is 10.00. The summed E-state index contributed by atoms with van der Waals surface area (Å²) in [7, 11) is 0. The van der Waals surface area contributed by atoms with Crippen molar-refractivity contribution in [3.63, 3.8) is 0 Å². The molecule has 9 rings (SSSR count). The molecule has 0 saturated heterocycles. The van der Waals surface area contributed by atoms with Gasteiger partial charge < -0.3 is 9.13 Å². The second kappa shape index (κ2) is 10.3. The molecule has 0 bridgehead atoms. The van der Waals surface area contributed by atoms with Gasteiger partial charge in [0.15, 0.2) is 0 Å². The van der Waals surface area contributed by atoms with Crippen molar-refractivity contribution in [1.29, 1.82) is 0 Å². The molecule has 0 fully saturated rings. The molecule has 0 saturated carbocycles. The summed E-state index contributed by atoms with van der Waals surface area (Å²) in [4.78, 5) is 13.1. The van der Waals surface area contributed by atoms with Crippen molar-refractivity contribution < 1.29 is 0 Å². The van der Waals surface area contributed by atoms with Crippen LogP contribution >= 0.6 is 0 Å². The van der Waals surface area contributed by atoms with Crippen molar-refractivity contribution in [2.24, 2.45) is 0 Å². The quantitative estimate of drug-likeness (QED) is 0.205. The van der Waals surface area contributed by atoms with E-state index in [-0.39, 0.29) is 0 Å². The Morgan fingerprint density at radius 3 is 1.31 bits per heavy atom. The zero-order chi connectivity index (χ0) is 29.7. The number of fused-ring (bicyclic) bond motifs is 6. The van der Waals surface area contributed by atoms with Crippen LogP contribution in [0.3, 0.4) is 0 Å². The van der Waals surface area contributed by atoms with Gasteiger partial charge in [-0.05, 0) is 77.2 Å². The number of pyridine rings is 3. The van der Waals surface area contributed by atoms with E-state index in [0.29, 0.717) is 0 Å². The first-order valence-corrected chi connectivity index (χ1v) is 15.1. The average Bonchev–Trinajstić information content (AvgIpc) is 3.62. The van der Waals surface area contributed by atoms with E-state index in [0.717, 1.165) is 39.6 Å². The van der Waals surface area contributed by atoms with Crippen molar-refractivity contribution in [2.45, 2.75) is 6.42 Å². The molecule has 9 aromatic rings. The first kappa shape index (κ1) is 25.4. The van der Waals surface area contributed by atoms with E-state index in [2.05, 4.69) is 139 Å². The third kappa shape index (κ3) is 4.20. The van der Waals surface area contributed by atoms with Gasteiger partial charge in [-0.15, -0.1) is 0 Å². The van der Waals surface area contributed by atoms with Crippen LogP contribution < -0.4 is 0 Å². The maximum absolute atomic E-state index is 4.37. The molecule has 5 heterocycles. The fourth-order valence-corrected chi connectivity index (χ4v) is 6.70. The lowest BCUT2D eigenvalue weighted by Gasteiger charge is -2.10. The van der Waals surface area contributed by atoms with E-state index in [1.807, 2.05) is 37.2 Å². The fourth-order valence-electron chi connectivity index (χ4n) is 6.70. The normalized spacial score (nSPS) is 11.6. The van der Waals surface area contributed by atoms with E-state index in [4.69, 9.17) is 0 Å². The summed E-state index contributed by atoms with van der Waals surface area (Å²) in [5, 5.41) is 4.62. The predicted molar refractivity (Wildman–Crippen MR) is 183 cm³/mol. The van der Waals surface area contributed by atoms with Gasteiger partial charge in [0.05, 0.1) is 22.1 Å². The number of hydrogen-bond donors (Lipinski definition) is 0. The van der Waals surface area contributed by atoms with Crippen molar-refractivity contribution in [3.8, 4) is 22.5 Å². The van der Waals surface area contributed by atoms with Crippen LogP contribution in [0.5, 0.6) is 0 Å². The van der Waals surface area contributed by atoms with E-state index in [9.17, 15) is 0 Å². The molecule has 5 aromatic heterocycles. The van der Waals surface area contributed by atoms with Crippen LogP contribution in [0, 0.1) is 0 Å². The van der Waals surface area contributed by atoms with Crippen molar-refractivity contribution >= 4 is 43.6 Å². The standard InChI is InChI=1S/C40H27N5/c1-2-4-37-33(3-1)34-24-41-20-17-38(34)44(37)31-13-7-28(8-14-31)23-27-5-9-29(10-6-27)30-11-15-32(16-12-30)45-39-18-21-42-25-35(39)36-26-43-22-19-40(36)45/h1-22,24-26H,23H2. The molecule has 0 spiro atoms. The van der Waals surface area contributed by atoms with Gasteiger partial charge in [0.1, 0.15) is 0 Å². The topological polar surface area (TPSA) is 48.5 Å². The van der Waals surface area contributed by atoms with Gasteiger partial charge >= 0.3 is 0 Å². The third-order valence-corrected chi connectivity index (χ3v) is 8.86. The summed E-state index contributed by atoms with van der Waals surface area (Å²) in [5.74, 6) is 0. The Bertz CT molecular complexity index is 2380. The summed E-state index contributed by atoms with van der Waals surface area (Å²) in [5.41, 5.74) is 11.9. The molecule has 0 N–H and O–H groups in total. The molecule has 0 unspecified atom stereocenters. The SMILES string of the molecule is c1ccc2c(c1)c1cnccc1n2-c1ccc(Cc2ccc(-c3ccc(-n4c5ccncc5c5cnccc54)cc3)cc2)cc1. The lowest BCUT2D eigenvalue weighted by Crippen LogP contribution is -1.95. The van der Waals surface area contributed by atoms with E-state index in [1.165, 1.54) is 44.1 Å². The minimum Gasteiger partial charge on any atom is -0.309 e. The molecule has 0 atom stereocenters. The number of para-hydroxylation sites is 1. The number of aromatic nitrogens is 5. The van der Waals surface area contributed by atoms with Gasteiger partial charge in [-0.3, -0.25) is 15.0 Å². The van der Waals surface area contributed by atoms with Crippen LogP contribution in [0.2, 0.25) is 0 Å². The molecule has 5 heteroatoms. The van der Waals surface area contributed by atoms with Gasteiger partial charge in [0.25, 0.3) is 0 Å². The monoisotopic (exact) mass is 577 g/mol. The Hall–Kier alpha value is -6.07. The summed E-state index contributed by atoms with van der Waals surface area (Å²) in [6.07, 6.45) is 12.2. The molecular formula is C40H27N5. The predicted octanol–water partition coefficient (Wildman–Crippen LogP) is 9.32. The fraction of sp³-hybridized carbons (Fsp3) is 0.0250. The van der Waals surface area contributed by atoms with Crippen molar-refractivity contribution in [1.82, 2.24) is 24.1 Å². The minimum atomic E-state index is 0.883. The van der Waals surface area contributed by atoms with Crippen LogP contribution in [0.1, 0.15) is 11.1 Å². The summed E-state index contributed by atoms with van der Waals surface area (Å²) < 4.78 is 4.61. The highest BCUT2D eigenvalue weighted by atomic mass is 15.0. The van der Waals surface area contributed by atoms with E-state index in [1.54, 1.807) is 0 Å². The zero-order valence-corrected chi connectivity index (χ0v) is 24.4. The van der Waals surface area contributed by atoms with Crippen LogP contribution in [-0.4, -0.2) is 24.1 Å². The highest BCUT2D eigenvalue weighted by Crippen LogP contribution is 2.33. The Kier molecular flexibility index (Phi) is 5.81. The molecule has 0 aliphatic rings. The van der Waals surface area contributed by atoms with Gasteiger partial charge in [0.2, 0.25) is 0 Å². The summed E-state index contributed by atoms with van der Waals surface area (Å²) in [6.45, 7) is 0. The first-order chi connectivity index (χ1) is 22.3. The maximum Gasteiger partial charge on any atom is 0.0572 e. The number of hydrogen-bond acceptors (Lipinski definition) is 3. The minimum absolute atomic E-state index is 0.883. The number of benzene rings is 4. The van der Waals surface area contributed by atoms with Crippen molar-refractivity contribution in [3.05, 3.63) is 164 Å². The molecule has 4 aromatic carbocycles. The smallest absolute Gasteiger partial charge is 0.0572 e. The highest BCUT2D eigenvalue weighted by Gasteiger charge is 2.13. The van der Waals surface area contributed by atoms with Crippen LogP contribution in [0.4, 0.5) is 0 Å². The highest BCUT2D eigenvalue weighted by molar-refractivity contribution is 6.09. The molecule has 0 radical (unpaired) electrons. The van der Waals surface area contributed by atoms with Gasteiger partial charge in [-0.25, -0.2) is 0 Å². The molecular weight excluding hydrogens is 550 g/mol. The molecule has 0 aliphatic carbocycles. The Morgan fingerprint density at radius 1 is 0.378 bits per heavy atom. The zero-order valence-electron chi connectivity index (χ0n) is 24.4. The van der Waals surface area contributed by atoms with E-state index >= 15 is 0 Å². The average molecular weight is 578 g/mol. The summed E-state index contributed by atoms with van der Waals surface area (Å²) in [6, 6.07) is 41.4. The van der Waals surface area contributed by atoms with Gasteiger partial charge in [-0.2, -0.15) is 0 Å². The number of nitrogens with zero attached hydrogens (tertiary/aromatic N) is 5. The summed E-state index contributed by atoms with van der Waals surface area (Å²) >= 11 is 0. The van der Waals surface area contributed by atoms with Crippen LogP contribution in [0.15, 0.2) is 152 Å². The second-order valence-electron chi connectivity index (χ2n) is 11.5. The van der Waals surface area contributed by atoms with Gasteiger partial charge in [-0.1, -0.05) is 66.7 Å². The first-order valence-electron chi connectivity index (χ1n) is 15.1. The molecule has 45 heavy (non-hydrogen) atoms. The molecule has 5 nitrogen and oxygen atoms in total. The number of rotatable bonds is 5. The second-order valence-corrected chi connectivity index (χ2v) is 11.5. The largest absolute Gasteiger partial charge is 0.309 e. The van der Waals surface area contributed by atoms with Gasteiger partial charge in [0, 0.05) is 70.1 Å². The molecule has 0 aliphatic heterocycles.